The van der Waals surface area contributed by atoms with Crippen molar-refractivity contribution in [2.45, 2.75) is 13.3 Å². The first-order chi connectivity index (χ1) is 5.27. The molecule has 2 aliphatic heterocycles. The van der Waals surface area contributed by atoms with Crippen molar-refractivity contribution in [3.05, 3.63) is 0 Å². The molecule has 0 aromatic carbocycles. The van der Waals surface area contributed by atoms with Crippen molar-refractivity contribution in [2.75, 3.05) is 26.2 Å². The van der Waals surface area contributed by atoms with Crippen molar-refractivity contribution in [3.8, 4) is 0 Å². The molecule has 0 atom stereocenters. The predicted octanol–water partition coefficient (Wildman–Crippen LogP) is -0.172. The normalized spacial score (nSPS) is 28.6. The number of hydrogen-bond donors (Lipinski definition) is 1. The van der Waals surface area contributed by atoms with Crippen LogP contribution in [0.3, 0.4) is 0 Å². The van der Waals surface area contributed by atoms with E-state index in [-0.39, 0.29) is 11.3 Å². The van der Waals surface area contributed by atoms with Crippen LogP contribution >= 0.6 is 0 Å². The minimum absolute atomic E-state index is 0.0238. The highest BCUT2D eigenvalue weighted by Gasteiger charge is 2.50. The zero-order valence-electron chi connectivity index (χ0n) is 6.89. The highest BCUT2D eigenvalue weighted by molar-refractivity contribution is 5.86. The molecular weight excluding hydrogens is 140 g/mol. The lowest BCUT2D eigenvalue weighted by Crippen LogP contribution is -2.59. The summed E-state index contributed by atoms with van der Waals surface area (Å²) in [5.41, 5.74) is 0.0238. The van der Waals surface area contributed by atoms with E-state index in [4.69, 9.17) is 0 Å². The van der Waals surface area contributed by atoms with Crippen LogP contribution in [0.5, 0.6) is 0 Å². The van der Waals surface area contributed by atoms with Crippen molar-refractivity contribution >= 4 is 5.91 Å². The molecule has 0 unspecified atom stereocenters. The monoisotopic (exact) mass is 154 g/mol. The highest BCUT2D eigenvalue weighted by atomic mass is 16.2. The summed E-state index contributed by atoms with van der Waals surface area (Å²) >= 11 is 0. The van der Waals surface area contributed by atoms with E-state index in [0.717, 1.165) is 32.6 Å². The van der Waals surface area contributed by atoms with Gasteiger partial charge >= 0.3 is 0 Å². The fourth-order valence-electron chi connectivity index (χ4n) is 2.05. The molecule has 0 saturated carbocycles. The number of nitrogens with one attached hydrogen (secondary N) is 1. The quantitative estimate of drug-likeness (QED) is 0.568. The van der Waals surface area contributed by atoms with Crippen LogP contribution in [-0.2, 0) is 4.79 Å². The summed E-state index contributed by atoms with van der Waals surface area (Å²) in [6, 6.07) is 0. The molecule has 62 valence electrons. The Balaban J connectivity index is 2.00. The third-order valence-electron chi connectivity index (χ3n) is 2.87. The smallest absolute Gasteiger partial charge is 0.228 e. The Bertz CT molecular complexity index is 185. The van der Waals surface area contributed by atoms with Gasteiger partial charge in [0.15, 0.2) is 0 Å². The lowest BCUT2D eigenvalue weighted by Gasteiger charge is -2.45. The van der Waals surface area contributed by atoms with Gasteiger partial charge in [0.05, 0.1) is 5.41 Å². The zero-order chi connectivity index (χ0) is 7.90. The lowest BCUT2D eigenvalue weighted by molar-refractivity contribution is -0.136. The molecule has 2 fully saturated rings. The van der Waals surface area contributed by atoms with Gasteiger partial charge in [-0.25, -0.2) is 0 Å². The second-order valence-corrected chi connectivity index (χ2v) is 3.59. The summed E-state index contributed by atoms with van der Waals surface area (Å²) in [4.78, 5) is 13.6. The molecule has 3 nitrogen and oxygen atoms in total. The number of likely N-dealkylation sites (tertiary alicyclic amines) is 1. The highest BCUT2D eigenvalue weighted by Crippen LogP contribution is 2.36. The fraction of sp³-hybridized carbons (Fsp3) is 0.875. The zero-order valence-corrected chi connectivity index (χ0v) is 6.89. The average Bonchev–Trinajstić information content (AvgIpc) is 2.27. The van der Waals surface area contributed by atoms with Gasteiger partial charge in [-0.3, -0.25) is 4.79 Å². The lowest BCUT2D eigenvalue weighted by atomic mass is 9.78. The molecule has 1 amide bonds. The molecule has 0 aromatic heterocycles. The summed E-state index contributed by atoms with van der Waals surface area (Å²) < 4.78 is 0. The molecule has 2 saturated heterocycles. The van der Waals surface area contributed by atoms with Crippen LogP contribution < -0.4 is 5.32 Å². The number of hydrogen-bond acceptors (Lipinski definition) is 2. The van der Waals surface area contributed by atoms with Crippen molar-refractivity contribution in [2.24, 2.45) is 5.41 Å². The summed E-state index contributed by atoms with van der Waals surface area (Å²) in [7, 11) is 0. The second-order valence-electron chi connectivity index (χ2n) is 3.59. The van der Waals surface area contributed by atoms with Gasteiger partial charge in [0.1, 0.15) is 0 Å². The van der Waals surface area contributed by atoms with E-state index in [1.54, 1.807) is 0 Å². The maximum atomic E-state index is 11.3. The van der Waals surface area contributed by atoms with Gasteiger partial charge in [-0.1, -0.05) is 6.92 Å². The summed E-state index contributed by atoms with van der Waals surface area (Å²) in [5, 5.41) is 2.89. The topological polar surface area (TPSA) is 32.3 Å². The summed E-state index contributed by atoms with van der Waals surface area (Å²) in [6.45, 7) is 6.07. The fourth-order valence-corrected chi connectivity index (χ4v) is 2.05. The van der Waals surface area contributed by atoms with Crippen LogP contribution in [0.1, 0.15) is 13.3 Å². The van der Waals surface area contributed by atoms with Crippen molar-refractivity contribution in [1.82, 2.24) is 10.2 Å². The maximum absolute atomic E-state index is 11.3. The van der Waals surface area contributed by atoms with E-state index in [9.17, 15) is 4.79 Å². The van der Waals surface area contributed by atoms with Gasteiger partial charge in [0.2, 0.25) is 5.91 Å². The number of carbonyl (C=O) groups is 1. The predicted molar refractivity (Wildman–Crippen MR) is 42.2 cm³/mol. The molecule has 0 aliphatic carbocycles. The molecule has 1 N–H and O–H groups in total. The van der Waals surface area contributed by atoms with E-state index >= 15 is 0 Å². The molecule has 0 bridgehead atoms. The molecule has 11 heavy (non-hydrogen) atoms. The first-order valence-electron chi connectivity index (χ1n) is 4.27. The van der Waals surface area contributed by atoms with Crippen LogP contribution in [-0.4, -0.2) is 37.0 Å². The molecule has 2 heterocycles. The number of nitrogens with zero attached hydrogens (tertiary/aromatic N) is 1. The van der Waals surface area contributed by atoms with Gasteiger partial charge in [0, 0.05) is 19.6 Å². The van der Waals surface area contributed by atoms with Crippen LogP contribution in [0.15, 0.2) is 0 Å². The van der Waals surface area contributed by atoms with Gasteiger partial charge < -0.3 is 10.2 Å². The van der Waals surface area contributed by atoms with Crippen LogP contribution in [0.4, 0.5) is 0 Å². The summed E-state index contributed by atoms with van der Waals surface area (Å²) in [6.07, 6.45) is 1.04. The third-order valence-corrected chi connectivity index (χ3v) is 2.87. The third kappa shape index (κ3) is 0.872. The van der Waals surface area contributed by atoms with E-state index in [0.29, 0.717) is 0 Å². The minimum Gasteiger partial charge on any atom is -0.355 e. The Morgan fingerprint density at radius 1 is 1.64 bits per heavy atom. The molecule has 3 heteroatoms. The first-order valence-corrected chi connectivity index (χ1v) is 4.27. The number of rotatable bonds is 1. The van der Waals surface area contributed by atoms with Crippen molar-refractivity contribution < 1.29 is 4.79 Å². The molecule has 0 aromatic rings. The van der Waals surface area contributed by atoms with E-state index in [1.807, 2.05) is 0 Å². The average molecular weight is 154 g/mol. The molecule has 1 spiro atoms. The van der Waals surface area contributed by atoms with Crippen molar-refractivity contribution in [3.63, 3.8) is 0 Å². The van der Waals surface area contributed by atoms with Gasteiger partial charge in [-0.15, -0.1) is 0 Å². The second kappa shape index (κ2) is 2.21. The Morgan fingerprint density at radius 3 is 2.82 bits per heavy atom. The molecule has 2 aliphatic rings. The van der Waals surface area contributed by atoms with Crippen molar-refractivity contribution in [1.29, 1.82) is 0 Å². The summed E-state index contributed by atoms with van der Waals surface area (Å²) in [5.74, 6) is 0.280. The van der Waals surface area contributed by atoms with Crippen LogP contribution in [0.2, 0.25) is 0 Å². The van der Waals surface area contributed by atoms with E-state index < -0.39 is 0 Å². The van der Waals surface area contributed by atoms with Gasteiger partial charge in [-0.05, 0) is 13.0 Å². The Hall–Kier alpha value is -0.570. The standard InChI is InChI=1S/C8H14N2O/c1-2-10-5-8(6-10)3-4-9-7(8)11/h2-6H2,1H3,(H,9,11). The van der Waals surface area contributed by atoms with E-state index in [1.165, 1.54) is 0 Å². The Labute approximate surface area is 66.8 Å². The maximum Gasteiger partial charge on any atom is 0.228 e. The van der Waals surface area contributed by atoms with Crippen LogP contribution in [0, 0.1) is 5.41 Å². The Morgan fingerprint density at radius 2 is 2.36 bits per heavy atom. The molecular formula is C8H14N2O. The molecule has 2 rings (SSSR count). The first kappa shape index (κ1) is 7.10. The largest absolute Gasteiger partial charge is 0.355 e. The minimum atomic E-state index is 0.0238. The van der Waals surface area contributed by atoms with Crippen LogP contribution in [0.25, 0.3) is 0 Å². The number of carbonyl (C=O) groups excluding carboxylic acids is 1. The van der Waals surface area contributed by atoms with Gasteiger partial charge in [-0.2, -0.15) is 0 Å². The van der Waals surface area contributed by atoms with E-state index in [2.05, 4.69) is 17.1 Å². The number of amides is 1. The van der Waals surface area contributed by atoms with Gasteiger partial charge in [0.25, 0.3) is 0 Å². The Kier molecular flexibility index (Phi) is 1.42. The SMILES string of the molecule is CCN1CC2(CCNC2=O)C1. The molecule has 0 radical (unpaired) electrons.